The van der Waals surface area contributed by atoms with Gasteiger partial charge in [0.05, 0.1) is 0 Å². The summed E-state index contributed by atoms with van der Waals surface area (Å²) in [5.74, 6) is 1.70. The predicted octanol–water partition coefficient (Wildman–Crippen LogP) is 2.61. The van der Waals surface area contributed by atoms with E-state index < -0.39 is 0 Å². The second-order valence-electron chi connectivity index (χ2n) is 5.37. The Hall–Kier alpha value is -1.71. The first-order valence-corrected chi connectivity index (χ1v) is 6.59. The third-order valence-corrected chi connectivity index (χ3v) is 3.84. The van der Waals surface area contributed by atoms with Crippen molar-refractivity contribution in [2.75, 3.05) is 11.9 Å². The number of aryl methyl sites for hydroxylation is 1. The van der Waals surface area contributed by atoms with E-state index in [9.17, 15) is 0 Å². The van der Waals surface area contributed by atoms with Gasteiger partial charge < -0.3 is 10.6 Å². The number of dihydropyridines is 1. The Balaban J connectivity index is 1.84. The summed E-state index contributed by atoms with van der Waals surface area (Å²) < 4.78 is 0. The summed E-state index contributed by atoms with van der Waals surface area (Å²) in [7, 11) is 0. The van der Waals surface area contributed by atoms with E-state index in [1.807, 2.05) is 6.92 Å². The number of anilines is 1. The first-order chi connectivity index (χ1) is 8.65. The topological polar surface area (TPSA) is 52.7 Å². The third kappa shape index (κ3) is 2.03. The van der Waals surface area contributed by atoms with Crippen LogP contribution in [0.3, 0.4) is 0 Å². The lowest BCUT2D eigenvalue weighted by Crippen LogP contribution is -2.24. The summed E-state index contributed by atoms with van der Waals surface area (Å²) in [5.41, 5.74) is 6.23. The summed E-state index contributed by atoms with van der Waals surface area (Å²) in [4.78, 5) is 0. The van der Waals surface area contributed by atoms with Gasteiger partial charge in [0.2, 0.25) is 0 Å². The van der Waals surface area contributed by atoms with E-state index in [0.29, 0.717) is 0 Å². The molecule has 0 radical (unpaired) electrons. The molecule has 1 aromatic rings. The maximum atomic E-state index is 4.31. The van der Waals surface area contributed by atoms with E-state index in [1.165, 1.54) is 35.4 Å². The van der Waals surface area contributed by atoms with Crippen LogP contribution in [0.4, 0.5) is 5.82 Å². The molecule has 4 nitrogen and oxygen atoms in total. The van der Waals surface area contributed by atoms with Crippen LogP contribution < -0.4 is 10.6 Å². The van der Waals surface area contributed by atoms with E-state index in [-0.39, 0.29) is 0 Å². The molecule has 18 heavy (non-hydrogen) atoms. The Bertz CT molecular complexity index is 532. The Morgan fingerprint density at radius 3 is 2.67 bits per heavy atom. The highest BCUT2D eigenvalue weighted by molar-refractivity contribution is 5.54. The molecular formula is C14H20N4. The fourth-order valence-electron chi connectivity index (χ4n) is 2.19. The third-order valence-electron chi connectivity index (χ3n) is 3.84. The van der Waals surface area contributed by atoms with Gasteiger partial charge in [-0.05, 0) is 51.2 Å². The van der Waals surface area contributed by atoms with Gasteiger partial charge in [0.25, 0.3) is 0 Å². The number of nitrogens with zero attached hydrogens (tertiary/aromatic N) is 1. The molecule has 0 amide bonds. The van der Waals surface area contributed by atoms with E-state index in [0.717, 1.165) is 24.0 Å². The van der Waals surface area contributed by atoms with Crippen LogP contribution in [0.1, 0.15) is 31.0 Å². The molecule has 2 heterocycles. The molecule has 3 N–H and O–H groups in total. The number of H-pyrrole nitrogens is 1. The van der Waals surface area contributed by atoms with Crippen molar-refractivity contribution in [2.24, 2.45) is 5.92 Å². The Morgan fingerprint density at radius 1 is 1.28 bits per heavy atom. The average Bonchev–Trinajstić information content (AvgIpc) is 3.15. The van der Waals surface area contributed by atoms with Gasteiger partial charge in [0, 0.05) is 29.2 Å². The highest BCUT2D eigenvalue weighted by atomic mass is 15.2. The predicted molar refractivity (Wildman–Crippen MR) is 73.2 cm³/mol. The molecule has 0 aromatic carbocycles. The Morgan fingerprint density at radius 2 is 2.06 bits per heavy atom. The minimum Gasteiger partial charge on any atom is -0.384 e. The van der Waals surface area contributed by atoms with Gasteiger partial charge >= 0.3 is 0 Å². The highest BCUT2D eigenvalue weighted by Gasteiger charge is 2.27. The van der Waals surface area contributed by atoms with Crippen LogP contribution in [0.15, 0.2) is 23.0 Å². The summed E-state index contributed by atoms with van der Waals surface area (Å²) in [6, 6.07) is 0. The second-order valence-corrected chi connectivity index (χ2v) is 5.37. The van der Waals surface area contributed by atoms with Crippen molar-refractivity contribution >= 4 is 5.82 Å². The largest absolute Gasteiger partial charge is 0.384 e. The number of aromatic amines is 1. The molecular weight excluding hydrogens is 224 g/mol. The van der Waals surface area contributed by atoms with Crippen molar-refractivity contribution in [3.05, 3.63) is 34.3 Å². The molecule has 1 saturated carbocycles. The molecule has 1 aliphatic carbocycles. The zero-order chi connectivity index (χ0) is 12.7. The smallest absolute Gasteiger partial charge is 0.155 e. The van der Waals surface area contributed by atoms with E-state index in [1.54, 1.807) is 0 Å². The van der Waals surface area contributed by atoms with Crippen molar-refractivity contribution in [1.82, 2.24) is 15.5 Å². The molecule has 3 rings (SSSR count). The molecule has 0 atom stereocenters. The number of allylic oxidation sites excluding steroid dienone is 2. The molecule has 1 fully saturated rings. The first-order valence-electron chi connectivity index (χ1n) is 6.59. The zero-order valence-electron chi connectivity index (χ0n) is 11.2. The minimum absolute atomic E-state index is 0.761. The highest BCUT2D eigenvalue weighted by Crippen LogP contribution is 2.37. The molecule has 0 unspecified atom stereocenters. The molecule has 4 heteroatoms. The molecule has 2 aliphatic rings. The first kappa shape index (κ1) is 11.4. The van der Waals surface area contributed by atoms with Crippen molar-refractivity contribution in [1.29, 1.82) is 0 Å². The Labute approximate surface area is 108 Å². The number of nitrogens with one attached hydrogen (secondary N) is 3. The molecule has 1 aromatic heterocycles. The van der Waals surface area contributed by atoms with Crippen molar-refractivity contribution in [3.63, 3.8) is 0 Å². The SMILES string of the molecule is CC1=C(Nc2n[nH]c(C)c2C)C=C(C2CC2)NC1. The van der Waals surface area contributed by atoms with Crippen LogP contribution in [0.5, 0.6) is 0 Å². The van der Waals surface area contributed by atoms with Crippen LogP contribution in [-0.4, -0.2) is 16.7 Å². The van der Waals surface area contributed by atoms with Crippen LogP contribution in [0.25, 0.3) is 0 Å². The number of aromatic nitrogens is 2. The van der Waals surface area contributed by atoms with Crippen LogP contribution in [0.2, 0.25) is 0 Å². The fourth-order valence-corrected chi connectivity index (χ4v) is 2.19. The summed E-state index contributed by atoms with van der Waals surface area (Å²) in [5, 5.41) is 14.3. The molecule has 96 valence electrons. The van der Waals surface area contributed by atoms with Gasteiger partial charge in [-0.3, -0.25) is 5.10 Å². The van der Waals surface area contributed by atoms with Crippen molar-refractivity contribution in [2.45, 2.75) is 33.6 Å². The van der Waals surface area contributed by atoms with E-state index in [4.69, 9.17) is 0 Å². The number of hydrogen-bond donors (Lipinski definition) is 3. The monoisotopic (exact) mass is 244 g/mol. The van der Waals surface area contributed by atoms with Gasteiger partial charge in [-0.1, -0.05) is 0 Å². The molecule has 0 bridgehead atoms. The maximum Gasteiger partial charge on any atom is 0.155 e. The quantitative estimate of drug-likeness (QED) is 0.766. The molecule has 1 aliphatic heterocycles. The molecule has 0 spiro atoms. The number of rotatable bonds is 3. The zero-order valence-corrected chi connectivity index (χ0v) is 11.2. The van der Waals surface area contributed by atoms with Crippen molar-refractivity contribution in [3.8, 4) is 0 Å². The number of hydrogen-bond acceptors (Lipinski definition) is 3. The lowest BCUT2D eigenvalue weighted by atomic mass is 10.1. The van der Waals surface area contributed by atoms with Crippen molar-refractivity contribution < 1.29 is 0 Å². The van der Waals surface area contributed by atoms with Gasteiger partial charge in [0.1, 0.15) is 0 Å². The summed E-state index contributed by atoms with van der Waals surface area (Å²) >= 11 is 0. The van der Waals surface area contributed by atoms with Gasteiger partial charge in [-0.2, -0.15) is 5.10 Å². The lowest BCUT2D eigenvalue weighted by Gasteiger charge is -2.20. The van der Waals surface area contributed by atoms with E-state index >= 15 is 0 Å². The summed E-state index contributed by atoms with van der Waals surface area (Å²) in [6.45, 7) is 7.23. The average molecular weight is 244 g/mol. The van der Waals surface area contributed by atoms with E-state index in [2.05, 4.69) is 40.8 Å². The summed E-state index contributed by atoms with van der Waals surface area (Å²) in [6.07, 6.45) is 4.90. The second kappa shape index (κ2) is 4.19. The van der Waals surface area contributed by atoms with Gasteiger partial charge in [-0.15, -0.1) is 0 Å². The van der Waals surface area contributed by atoms with Crippen LogP contribution in [0, 0.1) is 19.8 Å². The lowest BCUT2D eigenvalue weighted by molar-refractivity contribution is 0.762. The maximum absolute atomic E-state index is 4.31. The molecule has 0 saturated heterocycles. The van der Waals surface area contributed by atoms with Gasteiger partial charge in [-0.25, -0.2) is 0 Å². The standard InChI is InChI=1S/C14H20N4/c1-8-7-15-13(11-4-5-11)6-12(8)16-14-9(2)10(3)17-18-14/h6,11,15H,4-5,7H2,1-3H3,(H2,16,17,18). The fraction of sp³-hybridized carbons (Fsp3) is 0.500. The normalized spacial score (nSPS) is 19.6. The van der Waals surface area contributed by atoms with Crippen LogP contribution in [-0.2, 0) is 0 Å². The Kier molecular flexibility index (Phi) is 2.65. The van der Waals surface area contributed by atoms with Gasteiger partial charge in [0.15, 0.2) is 5.82 Å². The van der Waals surface area contributed by atoms with Crippen LogP contribution >= 0.6 is 0 Å². The minimum atomic E-state index is 0.761.